The van der Waals surface area contributed by atoms with E-state index in [1.165, 1.54) is 11.8 Å². The third-order valence-electron chi connectivity index (χ3n) is 5.77. The van der Waals surface area contributed by atoms with Gasteiger partial charge in [-0.3, -0.25) is 14.4 Å². The molecule has 0 radical (unpaired) electrons. The highest BCUT2D eigenvalue weighted by Gasteiger charge is 2.46. The van der Waals surface area contributed by atoms with Crippen LogP contribution in [0.25, 0.3) is 16.5 Å². The molecule has 1 amide bonds. The Bertz CT molecular complexity index is 1270. The Hall–Kier alpha value is -3.93. The van der Waals surface area contributed by atoms with Gasteiger partial charge in [-0.1, -0.05) is 67.9 Å². The second-order valence-corrected chi connectivity index (χ2v) is 8.04. The standard InChI is InChI=1S/C27H25NO5/c1-3-4-15-28-24(19-11-7-12-20(16-19)33-17(2)29)23(26(31)27(28)32)25(30)22-14-8-10-18-9-5-6-13-21(18)22/h5-14,16,24,30H,3-4,15H2,1-2H3/b25-23-. The summed E-state index contributed by atoms with van der Waals surface area (Å²) in [4.78, 5) is 39.1. The molecule has 1 saturated heterocycles. The van der Waals surface area contributed by atoms with Crippen molar-refractivity contribution in [3.63, 3.8) is 0 Å². The minimum atomic E-state index is -0.786. The maximum atomic E-state index is 13.2. The van der Waals surface area contributed by atoms with Crippen LogP contribution in [0.3, 0.4) is 0 Å². The van der Waals surface area contributed by atoms with Crippen LogP contribution in [-0.2, 0) is 14.4 Å². The van der Waals surface area contributed by atoms with E-state index >= 15 is 0 Å². The molecule has 1 atom stereocenters. The van der Waals surface area contributed by atoms with Crippen molar-refractivity contribution in [3.05, 3.63) is 83.4 Å². The van der Waals surface area contributed by atoms with Crippen molar-refractivity contribution < 1.29 is 24.2 Å². The van der Waals surface area contributed by atoms with Crippen molar-refractivity contribution >= 4 is 34.2 Å². The number of carbonyl (C=O) groups is 3. The molecule has 1 fully saturated rings. The molecule has 0 saturated carbocycles. The SMILES string of the molecule is CCCCN1C(=O)C(=O)/C(=C(\O)c2cccc3ccccc23)C1c1cccc(OC(C)=O)c1. The molecule has 1 aliphatic heterocycles. The number of carbonyl (C=O) groups excluding carboxylic acids is 3. The quantitative estimate of drug-likeness (QED) is 0.191. The van der Waals surface area contributed by atoms with E-state index < -0.39 is 23.7 Å². The number of rotatable bonds is 6. The van der Waals surface area contributed by atoms with Gasteiger partial charge in [0, 0.05) is 19.0 Å². The molecule has 3 aromatic rings. The number of ether oxygens (including phenoxy) is 1. The van der Waals surface area contributed by atoms with Crippen LogP contribution < -0.4 is 4.74 Å². The highest BCUT2D eigenvalue weighted by atomic mass is 16.5. The van der Waals surface area contributed by atoms with Crippen molar-refractivity contribution in [1.82, 2.24) is 4.90 Å². The van der Waals surface area contributed by atoms with E-state index in [-0.39, 0.29) is 11.3 Å². The number of hydrogen-bond acceptors (Lipinski definition) is 5. The molecular weight excluding hydrogens is 418 g/mol. The number of aliphatic hydroxyl groups is 1. The van der Waals surface area contributed by atoms with Crippen molar-refractivity contribution in [2.75, 3.05) is 6.54 Å². The molecule has 1 N–H and O–H groups in total. The monoisotopic (exact) mass is 443 g/mol. The molecule has 6 nitrogen and oxygen atoms in total. The number of esters is 1. The molecule has 1 unspecified atom stereocenters. The van der Waals surface area contributed by atoms with Gasteiger partial charge in [-0.25, -0.2) is 0 Å². The van der Waals surface area contributed by atoms with Crippen LogP contribution in [0.15, 0.2) is 72.3 Å². The van der Waals surface area contributed by atoms with Crippen LogP contribution in [-0.4, -0.2) is 34.2 Å². The maximum Gasteiger partial charge on any atom is 0.308 e. The Morgan fingerprint density at radius 1 is 1.03 bits per heavy atom. The number of hydrogen-bond donors (Lipinski definition) is 1. The molecule has 0 spiro atoms. The first-order chi connectivity index (χ1) is 15.9. The van der Waals surface area contributed by atoms with Gasteiger partial charge in [0.2, 0.25) is 0 Å². The zero-order valence-electron chi connectivity index (χ0n) is 18.6. The second-order valence-electron chi connectivity index (χ2n) is 8.04. The third kappa shape index (κ3) is 4.24. The zero-order valence-corrected chi connectivity index (χ0v) is 18.6. The van der Waals surface area contributed by atoms with E-state index in [1.807, 2.05) is 37.3 Å². The summed E-state index contributed by atoms with van der Waals surface area (Å²) >= 11 is 0. The predicted octanol–water partition coefficient (Wildman–Crippen LogP) is 4.99. The number of ketones is 1. The molecule has 0 aliphatic carbocycles. The molecular formula is C27H25NO5. The fraction of sp³-hybridized carbons (Fsp3) is 0.222. The Balaban J connectivity index is 1.92. The van der Waals surface area contributed by atoms with Crippen LogP contribution in [0.4, 0.5) is 0 Å². The fourth-order valence-corrected chi connectivity index (χ4v) is 4.28. The Morgan fingerprint density at radius 2 is 1.76 bits per heavy atom. The molecule has 1 aliphatic rings. The van der Waals surface area contributed by atoms with E-state index in [9.17, 15) is 19.5 Å². The van der Waals surface area contributed by atoms with Gasteiger partial charge in [-0.15, -0.1) is 0 Å². The molecule has 0 bridgehead atoms. The molecule has 3 aromatic carbocycles. The summed E-state index contributed by atoms with van der Waals surface area (Å²) in [5.41, 5.74) is 1.11. The van der Waals surface area contributed by atoms with Crippen molar-refractivity contribution in [2.24, 2.45) is 0 Å². The fourth-order valence-electron chi connectivity index (χ4n) is 4.28. The van der Waals surface area contributed by atoms with E-state index in [2.05, 4.69) is 0 Å². The highest BCUT2D eigenvalue weighted by Crippen LogP contribution is 2.41. The highest BCUT2D eigenvalue weighted by molar-refractivity contribution is 6.46. The van der Waals surface area contributed by atoms with Crippen LogP contribution in [0.2, 0.25) is 0 Å². The normalized spacial score (nSPS) is 17.5. The number of Topliss-reactive ketones (excluding diaryl/α,β-unsaturated/α-hetero) is 1. The summed E-state index contributed by atoms with van der Waals surface area (Å²) in [7, 11) is 0. The summed E-state index contributed by atoms with van der Waals surface area (Å²) in [6.07, 6.45) is 1.55. The minimum Gasteiger partial charge on any atom is -0.507 e. The van der Waals surface area contributed by atoms with Crippen molar-refractivity contribution in [2.45, 2.75) is 32.7 Å². The first-order valence-corrected chi connectivity index (χ1v) is 11.0. The average molecular weight is 443 g/mol. The minimum absolute atomic E-state index is 0.0347. The largest absolute Gasteiger partial charge is 0.507 e. The van der Waals surface area contributed by atoms with Gasteiger partial charge >= 0.3 is 5.97 Å². The number of benzene rings is 3. The van der Waals surface area contributed by atoms with Gasteiger partial charge in [0.1, 0.15) is 11.5 Å². The van der Waals surface area contributed by atoms with E-state index in [0.29, 0.717) is 29.8 Å². The number of amides is 1. The van der Waals surface area contributed by atoms with Gasteiger partial charge in [0.25, 0.3) is 11.7 Å². The lowest BCUT2D eigenvalue weighted by Gasteiger charge is -2.25. The first-order valence-electron chi connectivity index (χ1n) is 11.0. The lowest BCUT2D eigenvalue weighted by molar-refractivity contribution is -0.139. The lowest BCUT2D eigenvalue weighted by atomic mass is 9.93. The number of fused-ring (bicyclic) bond motifs is 1. The van der Waals surface area contributed by atoms with E-state index in [1.54, 1.807) is 36.4 Å². The van der Waals surface area contributed by atoms with Crippen LogP contribution in [0, 0.1) is 0 Å². The topological polar surface area (TPSA) is 83.9 Å². The van der Waals surface area contributed by atoms with E-state index in [0.717, 1.165) is 17.2 Å². The number of unbranched alkanes of at least 4 members (excludes halogenated alkanes) is 1. The predicted molar refractivity (Wildman–Crippen MR) is 126 cm³/mol. The number of nitrogens with zero attached hydrogens (tertiary/aromatic N) is 1. The smallest absolute Gasteiger partial charge is 0.308 e. The van der Waals surface area contributed by atoms with Gasteiger partial charge in [-0.2, -0.15) is 0 Å². The Labute approximate surface area is 192 Å². The van der Waals surface area contributed by atoms with Gasteiger partial charge < -0.3 is 14.7 Å². The average Bonchev–Trinajstić information content (AvgIpc) is 3.06. The summed E-state index contributed by atoms with van der Waals surface area (Å²) < 4.78 is 5.22. The molecule has 33 heavy (non-hydrogen) atoms. The van der Waals surface area contributed by atoms with Gasteiger partial charge in [0.15, 0.2) is 0 Å². The third-order valence-corrected chi connectivity index (χ3v) is 5.77. The van der Waals surface area contributed by atoms with Crippen molar-refractivity contribution in [1.29, 1.82) is 0 Å². The lowest BCUT2D eigenvalue weighted by Crippen LogP contribution is -2.30. The Kier molecular flexibility index (Phi) is 6.27. The molecule has 168 valence electrons. The number of likely N-dealkylation sites (tertiary alicyclic amines) is 1. The molecule has 4 rings (SSSR count). The number of aliphatic hydroxyl groups excluding tert-OH is 1. The summed E-state index contributed by atoms with van der Waals surface area (Å²) in [6.45, 7) is 3.68. The zero-order chi connectivity index (χ0) is 23.5. The maximum absolute atomic E-state index is 13.2. The van der Waals surface area contributed by atoms with E-state index in [4.69, 9.17) is 4.74 Å². The Morgan fingerprint density at radius 3 is 2.52 bits per heavy atom. The summed E-state index contributed by atoms with van der Waals surface area (Å²) in [5, 5.41) is 13.1. The first kappa shape index (κ1) is 22.3. The molecule has 0 aromatic heterocycles. The second kappa shape index (κ2) is 9.28. The van der Waals surface area contributed by atoms with Crippen molar-refractivity contribution in [3.8, 4) is 5.75 Å². The van der Waals surface area contributed by atoms with Gasteiger partial charge in [0.05, 0.1) is 11.6 Å². The summed E-state index contributed by atoms with van der Waals surface area (Å²) in [5.74, 6) is -1.74. The summed E-state index contributed by atoms with van der Waals surface area (Å²) in [6, 6.07) is 19.0. The van der Waals surface area contributed by atoms with Gasteiger partial charge in [-0.05, 0) is 34.9 Å². The van der Waals surface area contributed by atoms with Crippen LogP contribution >= 0.6 is 0 Å². The van der Waals surface area contributed by atoms with Crippen LogP contribution in [0.1, 0.15) is 43.9 Å². The molecule has 6 heteroatoms. The van der Waals surface area contributed by atoms with Crippen LogP contribution in [0.5, 0.6) is 5.75 Å². The molecule has 1 heterocycles.